The van der Waals surface area contributed by atoms with E-state index in [9.17, 15) is 0 Å². The number of hydrogen-bond donors (Lipinski definition) is 0. The van der Waals surface area contributed by atoms with Gasteiger partial charge in [-0.3, -0.25) is 0 Å². The van der Waals surface area contributed by atoms with Crippen LogP contribution in [0.5, 0.6) is 0 Å². The quantitative estimate of drug-likeness (QED) is 0.174. The third kappa shape index (κ3) is 5.79. The van der Waals surface area contributed by atoms with E-state index in [-0.39, 0.29) is 0 Å². The first-order valence-corrected chi connectivity index (χ1v) is 18.6. The third-order valence-corrected chi connectivity index (χ3v) is 10.6. The minimum absolute atomic E-state index is 0.471. The molecule has 0 spiro atoms. The topological polar surface area (TPSA) is 43.6 Å². The summed E-state index contributed by atoms with van der Waals surface area (Å²) < 4.78 is 2.42. The Kier molecular flexibility index (Phi) is 7.80. The maximum atomic E-state index is 5.15. The number of rotatable bonds is 6. The Hall–Kier alpha value is -6.91. The first-order valence-electron chi connectivity index (χ1n) is 18.6. The number of aromatic nitrogens is 4. The smallest absolute Gasteiger partial charge is 0.164 e. The van der Waals surface area contributed by atoms with E-state index in [1.165, 1.54) is 44.1 Å². The van der Waals surface area contributed by atoms with Gasteiger partial charge >= 0.3 is 0 Å². The summed E-state index contributed by atoms with van der Waals surface area (Å²) in [6.07, 6.45) is 5.61. The molecule has 1 unspecified atom stereocenters. The summed E-state index contributed by atoms with van der Waals surface area (Å²) >= 11 is 0. The molecule has 1 atom stereocenters. The van der Waals surface area contributed by atoms with Gasteiger partial charge in [0, 0.05) is 39.0 Å². The van der Waals surface area contributed by atoms with E-state index in [2.05, 4.69) is 187 Å². The minimum atomic E-state index is 0.471. The summed E-state index contributed by atoms with van der Waals surface area (Å²) in [7, 11) is 0. The molecule has 4 nitrogen and oxygen atoms in total. The standard InChI is InChI=1S/C50H36N4/c1-33-18-29-45-44-16-7-8-17-46(44)54(47(45)30-33)43-15-9-14-42(32-43)50-52-48(38-24-19-36(20-25-38)34-10-3-2-4-11-34)51-49(53-50)39-26-21-37(22-27-39)41-28-23-35-12-5-6-13-40(35)31-41/h2-29,31-33H,30H2,1H3. The molecular formula is C50H36N4. The van der Waals surface area contributed by atoms with Crippen molar-refractivity contribution in [3.8, 4) is 62.1 Å². The van der Waals surface area contributed by atoms with Crippen LogP contribution < -0.4 is 0 Å². The molecule has 2 aromatic heterocycles. The summed E-state index contributed by atoms with van der Waals surface area (Å²) in [4.78, 5) is 15.4. The van der Waals surface area contributed by atoms with Crippen molar-refractivity contribution in [2.75, 3.05) is 0 Å². The lowest BCUT2D eigenvalue weighted by atomic mass is 9.95. The lowest BCUT2D eigenvalue weighted by molar-refractivity contribution is 0.690. The molecule has 10 rings (SSSR count). The van der Waals surface area contributed by atoms with Crippen LogP contribution >= 0.6 is 0 Å². The Labute approximate surface area is 314 Å². The van der Waals surface area contributed by atoms with Gasteiger partial charge in [0.15, 0.2) is 17.5 Å². The average Bonchev–Trinajstić information content (AvgIpc) is 3.57. The van der Waals surface area contributed by atoms with Gasteiger partial charge in [-0.05, 0) is 69.6 Å². The van der Waals surface area contributed by atoms with Gasteiger partial charge in [-0.1, -0.05) is 165 Å². The van der Waals surface area contributed by atoms with Gasteiger partial charge < -0.3 is 4.57 Å². The molecule has 7 aromatic carbocycles. The number of para-hydroxylation sites is 1. The van der Waals surface area contributed by atoms with Gasteiger partial charge in [-0.2, -0.15) is 0 Å². The van der Waals surface area contributed by atoms with Crippen LogP contribution in [0.2, 0.25) is 0 Å². The highest BCUT2D eigenvalue weighted by Gasteiger charge is 2.22. The van der Waals surface area contributed by atoms with Crippen molar-refractivity contribution in [1.82, 2.24) is 19.5 Å². The molecule has 0 bridgehead atoms. The predicted molar refractivity (Wildman–Crippen MR) is 223 cm³/mol. The molecule has 0 saturated carbocycles. The largest absolute Gasteiger partial charge is 0.313 e. The monoisotopic (exact) mass is 692 g/mol. The second-order valence-corrected chi connectivity index (χ2v) is 14.2. The summed E-state index contributed by atoms with van der Waals surface area (Å²) in [5, 5.41) is 3.74. The Bertz CT molecular complexity index is 2850. The zero-order valence-corrected chi connectivity index (χ0v) is 29.9. The fourth-order valence-corrected chi connectivity index (χ4v) is 7.80. The van der Waals surface area contributed by atoms with Crippen molar-refractivity contribution >= 4 is 27.8 Å². The minimum Gasteiger partial charge on any atom is -0.313 e. The molecule has 54 heavy (non-hydrogen) atoms. The second kappa shape index (κ2) is 13.3. The number of fused-ring (bicyclic) bond motifs is 4. The van der Waals surface area contributed by atoms with Gasteiger partial charge in [-0.25, -0.2) is 15.0 Å². The van der Waals surface area contributed by atoms with Gasteiger partial charge in [0.05, 0.1) is 5.52 Å². The number of allylic oxidation sites excluding steroid dienone is 1. The van der Waals surface area contributed by atoms with E-state index in [1.54, 1.807) is 0 Å². The van der Waals surface area contributed by atoms with E-state index >= 15 is 0 Å². The van der Waals surface area contributed by atoms with Crippen LogP contribution in [0.15, 0.2) is 176 Å². The highest BCUT2D eigenvalue weighted by Crippen LogP contribution is 2.36. The highest BCUT2D eigenvalue weighted by atomic mass is 15.0. The van der Waals surface area contributed by atoms with Crippen molar-refractivity contribution in [2.45, 2.75) is 13.3 Å². The van der Waals surface area contributed by atoms with Crippen LogP contribution in [0.3, 0.4) is 0 Å². The van der Waals surface area contributed by atoms with Crippen LogP contribution in [-0.4, -0.2) is 19.5 Å². The van der Waals surface area contributed by atoms with Crippen molar-refractivity contribution in [1.29, 1.82) is 0 Å². The fourth-order valence-electron chi connectivity index (χ4n) is 7.80. The summed E-state index contributed by atoms with van der Waals surface area (Å²) in [5.74, 6) is 2.39. The van der Waals surface area contributed by atoms with E-state index in [4.69, 9.17) is 15.0 Å². The number of benzene rings is 7. The molecule has 4 heteroatoms. The molecule has 256 valence electrons. The maximum absolute atomic E-state index is 5.15. The molecule has 0 amide bonds. The van der Waals surface area contributed by atoms with Crippen molar-refractivity contribution in [3.05, 3.63) is 187 Å². The molecule has 1 aliphatic rings. The fraction of sp³-hybridized carbons (Fsp3) is 0.0600. The molecule has 9 aromatic rings. The molecular weight excluding hydrogens is 657 g/mol. The Morgan fingerprint density at radius 2 is 1.02 bits per heavy atom. The van der Waals surface area contributed by atoms with E-state index in [0.29, 0.717) is 23.4 Å². The molecule has 0 N–H and O–H groups in total. The first kappa shape index (κ1) is 31.8. The molecule has 0 saturated heterocycles. The zero-order chi connectivity index (χ0) is 36.0. The summed E-state index contributed by atoms with van der Waals surface area (Å²) in [6, 6.07) is 59.9. The Morgan fingerprint density at radius 3 is 1.76 bits per heavy atom. The lowest BCUT2D eigenvalue weighted by Crippen LogP contribution is -2.08. The van der Waals surface area contributed by atoms with Crippen molar-refractivity contribution in [2.24, 2.45) is 5.92 Å². The maximum Gasteiger partial charge on any atom is 0.164 e. The third-order valence-electron chi connectivity index (χ3n) is 10.6. The molecule has 1 aliphatic carbocycles. The van der Waals surface area contributed by atoms with Crippen LogP contribution in [-0.2, 0) is 6.42 Å². The summed E-state index contributed by atoms with van der Waals surface area (Å²) in [6.45, 7) is 2.28. The van der Waals surface area contributed by atoms with Crippen LogP contribution in [0, 0.1) is 5.92 Å². The molecule has 0 fully saturated rings. The second-order valence-electron chi connectivity index (χ2n) is 14.2. The predicted octanol–water partition coefficient (Wildman–Crippen LogP) is 12.5. The van der Waals surface area contributed by atoms with Crippen LogP contribution in [0.1, 0.15) is 18.2 Å². The van der Waals surface area contributed by atoms with E-state index < -0.39 is 0 Å². The lowest BCUT2D eigenvalue weighted by Gasteiger charge is -2.17. The highest BCUT2D eigenvalue weighted by molar-refractivity contribution is 5.93. The van der Waals surface area contributed by atoms with Crippen LogP contribution in [0.4, 0.5) is 0 Å². The zero-order valence-electron chi connectivity index (χ0n) is 29.9. The van der Waals surface area contributed by atoms with Gasteiger partial charge in [0.1, 0.15) is 0 Å². The SMILES string of the molecule is CC1C=Cc2c(n(-c3cccc(-c4nc(-c5ccc(-c6ccccc6)cc5)nc(-c5ccc(-c6ccc7ccccc7c6)cc5)n4)c3)c3ccccc23)C1. The Morgan fingerprint density at radius 1 is 0.463 bits per heavy atom. The van der Waals surface area contributed by atoms with Gasteiger partial charge in [-0.15, -0.1) is 0 Å². The van der Waals surface area contributed by atoms with Crippen molar-refractivity contribution < 1.29 is 0 Å². The molecule has 0 radical (unpaired) electrons. The van der Waals surface area contributed by atoms with Gasteiger partial charge in [0.25, 0.3) is 0 Å². The average molecular weight is 693 g/mol. The van der Waals surface area contributed by atoms with E-state index in [0.717, 1.165) is 39.9 Å². The number of hydrogen-bond acceptors (Lipinski definition) is 3. The Balaban J connectivity index is 1.08. The van der Waals surface area contributed by atoms with Crippen LogP contribution in [0.25, 0.3) is 89.9 Å². The van der Waals surface area contributed by atoms with E-state index in [1.807, 2.05) is 6.07 Å². The first-order chi connectivity index (χ1) is 26.6. The summed E-state index contributed by atoms with van der Waals surface area (Å²) in [5.41, 5.74) is 12.4. The van der Waals surface area contributed by atoms with Gasteiger partial charge in [0.2, 0.25) is 0 Å². The normalized spacial score (nSPS) is 13.7. The molecule has 0 aliphatic heterocycles. The number of nitrogens with zero attached hydrogens (tertiary/aromatic N) is 4. The molecule has 2 heterocycles. The van der Waals surface area contributed by atoms with Crippen molar-refractivity contribution in [3.63, 3.8) is 0 Å².